The highest BCUT2D eigenvalue weighted by Gasteiger charge is 2.05. The molecule has 11 heavy (non-hydrogen) atoms. The smallest absolute Gasteiger partial charge is 0.253 e. The van der Waals surface area contributed by atoms with Crippen molar-refractivity contribution in [3.05, 3.63) is 27.0 Å². The van der Waals surface area contributed by atoms with E-state index in [2.05, 4.69) is 4.98 Å². The van der Waals surface area contributed by atoms with Gasteiger partial charge in [-0.1, -0.05) is 0 Å². The first-order chi connectivity index (χ1) is 5.04. The minimum atomic E-state index is -0.217. The summed E-state index contributed by atoms with van der Waals surface area (Å²) >= 11 is 0. The Kier molecular flexibility index (Phi) is 1.72. The lowest BCUT2D eigenvalue weighted by atomic mass is 10.1. The van der Waals surface area contributed by atoms with Crippen LogP contribution in [0.4, 0.5) is 0 Å². The highest BCUT2D eigenvalue weighted by atomic mass is 16.3. The molecule has 0 aliphatic heterocycles. The van der Waals surface area contributed by atoms with E-state index in [4.69, 9.17) is 5.11 Å². The van der Waals surface area contributed by atoms with Crippen LogP contribution in [0, 0.1) is 20.8 Å². The van der Waals surface area contributed by atoms with E-state index in [1.165, 1.54) is 0 Å². The van der Waals surface area contributed by atoms with E-state index >= 15 is 0 Å². The highest BCUT2D eigenvalue weighted by Crippen LogP contribution is 2.15. The first-order valence-corrected chi connectivity index (χ1v) is 3.43. The van der Waals surface area contributed by atoms with Crippen LogP contribution in [-0.2, 0) is 0 Å². The molecule has 2 N–H and O–H groups in total. The van der Waals surface area contributed by atoms with Gasteiger partial charge in [0.25, 0.3) is 5.56 Å². The molecule has 0 saturated heterocycles. The highest BCUT2D eigenvalue weighted by molar-refractivity contribution is 5.36. The van der Waals surface area contributed by atoms with Crippen LogP contribution in [-0.4, -0.2) is 10.1 Å². The van der Waals surface area contributed by atoms with Crippen LogP contribution in [0.1, 0.15) is 16.7 Å². The van der Waals surface area contributed by atoms with Gasteiger partial charge in [-0.05, 0) is 26.3 Å². The fraction of sp³-hybridized carbons (Fsp3) is 0.375. The second-order valence-corrected chi connectivity index (χ2v) is 2.68. The molecule has 0 unspecified atom stereocenters. The SMILES string of the molecule is Cc1c(O)[nH]c(=O)c(C)c1C. The van der Waals surface area contributed by atoms with Gasteiger partial charge in [0.05, 0.1) is 0 Å². The van der Waals surface area contributed by atoms with Crippen molar-refractivity contribution in [3.63, 3.8) is 0 Å². The number of hydrogen-bond donors (Lipinski definition) is 2. The Bertz CT molecular complexity index is 339. The van der Waals surface area contributed by atoms with Gasteiger partial charge in [-0.2, -0.15) is 0 Å². The zero-order chi connectivity index (χ0) is 8.59. The van der Waals surface area contributed by atoms with Crippen molar-refractivity contribution in [1.82, 2.24) is 4.98 Å². The minimum Gasteiger partial charge on any atom is -0.494 e. The van der Waals surface area contributed by atoms with E-state index < -0.39 is 0 Å². The summed E-state index contributed by atoms with van der Waals surface area (Å²) in [4.78, 5) is 13.3. The van der Waals surface area contributed by atoms with Gasteiger partial charge >= 0.3 is 0 Å². The monoisotopic (exact) mass is 153 g/mol. The van der Waals surface area contributed by atoms with Gasteiger partial charge in [-0.3, -0.25) is 9.78 Å². The zero-order valence-corrected chi connectivity index (χ0v) is 6.86. The molecule has 0 spiro atoms. The summed E-state index contributed by atoms with van der Waals surface area (Å²) in [6.45, 7) is 5.33. The quantitative estimate of drug-likeness (QED) is 0.584. The molecule has 0 bridgehead atoms. The number of H-pyrrole nitrogens is 1. The summed E-state index contributed by atoms with van der Waals surface area (Å²) < 4.78 is 0. The van der Waals surface area contributed by atoms with Crippen molar-refractivity contribution in [2.75, 3.05) is 0 Å². The molecule has 1 heterocycles. The molecule has 1 rings (SSSR count). The fourth-order valence-electron chi connectivity index (χ4n) is 0.924. The third-order valence-electron chi connectivity index (χ3n) is 2.05. The van der Waals surface area contributed by atoms with Crippen LogP contribution in [0.5, 0.6) is 5.88 Å². The Labute approximate surface area is 64.7 Å². The molecular weight excluding hydrogens is 142 g/mol. The molecule has 0 fully saturated rings. The maximum atomic E-state index is 11.0. The third-order valence-corrected chi connectivity index (χ3v) is 2.05. The van der Waals surface area contributed by atoms with Crippen molar-refractivity contribution in [3.8, 4) is 5.88 Å². The van der Waals surface area contributed by atoms with Gasteiger partial charge in [0, 0.05) is 11.1 Å². The number of rotatable bonds is 0. The largest absolute Gasteiger partial charge is 0.494 e. The molecule has 1 aromatic rings. The summed E-state index contributed by atoms with van der Waals surface area (Å²) in [7, 11) is 0. The Morgan fingerprint density at radius 1 is 1.09 bits per heavy atom. The van der Waals surface area contributed by atoms with Crippen LogP contribution in [0.2, 0.25) is 0 Å². The van der Waals surface area contributed by atoms with Crippen molar-refractivity contribution in [2.24, 2.45) is 0 Å². The van der Waals surface area contributed by atoms with Crippen LogP contribution < -0.4 is 5.56 Å². The Balaban J connectivity index is 3.59. The normalized spacial score (nSPS) is 10.1. The lowest BCUT2D eigenvalue weighted by Crippen LogP contribution is -2.11. The summed E-state index contributed by atoms with van der Waals surface area (Å²) in [6, 6.07) is 0. The first kappa shape index (κ1) is 7.85. The topological polar surface area (TPSA) is 53.1 Å². The van der Waals surface area contributed by atoms with E-state index in [9.17, 15) is 4.79 Å². The molecule has 0 saturated carbocycles. The predicted molar refractivity (Wildman–Crippen MR) is 42.9 cm³/mol. The summed E-state index contributed by atoms with van der Waals surface area (Å²) in [6.07, 6.45) is 0. The van der Waals surface area contributed by atoms with Crippen LogP contribution >= 0.6 is 0 Å². The van der Waals surface area contributed by atoms with Crippen LogP contribution in [0.3, 0.4) is 0 Å². The van der Waals surface area contributed by atoms with Gasteiger partial charge in [-0.25, -0.2) is 0 Å². The van der Waals surface area contributed by atoms with Crippen molar-refractivity contribution < 1.29 is 5.11 Å². The van der Waals surface area contributed by atoms with Crippen molar-refractivity contribution in [2.45, 2.75) is 20.8 Å². The van der Waals surface area contributed by atoms with Gasteiger partial charge in [0.15, 0.2) is 5.88 Å². The summed E-state index contributed by atoms with van der Waals surface area (Å²) in [5.41, 5.74) is 2.04. The molecule has 1 aromatic heterocycles. The Hall–Kier alpha value is -1.25. The molecule has 3 nitrogen and oxygen atoms in total. The number of aromatic amines is 1. The molecule has 0 aliphatic rings. The standard InChI is InChI=1S/C8H11NO2/c1-4-5(2)7(10)9-8(11)6(4)3/h1-3H3,(H2,9,10,11). The summed E-state index contributed by atoms with van der Waals surface area (Å²) in [5, 5.41) is 9.15. The molecule has 3 heteroatoms. The molecule has 0 atom stereocenters. The lowest BCUT2D eigenvalue weighted by molar-refractivity contribution is 0.446. The molecule has 60 valence electrons. The third kappa shape index (κ3) is 1.13. The van der Waals surface area contributed by atoms with Gasteiger partial charge in [0.2, 0.25) is 0 Å². The number of nitrogens with one attached hydrogen (secondary N) is 1. The number of pyridine rings is 1. The van der Waals surface area contributed by atoms with E-state index in [0.717, 1.165) is 11.1 Å². The molecule has 0 amide bonds. The average Bonchev–Trinajstić information content (AvgIpc) is 1.97. The molecule has 0 aromatic carbocycles. The second kappa shape index (κ2) is 2.42. The van der Waals surface area contributed by atoms with Crippen LogP contribution in [0.25, 0.3) is 0 Å². The molecule has 0 aliphatic carbocycles. The maximum Gasteiger partial charge on any atom is 0.253 e. The molecular formula is C8H11NO2. The van der Waals surface area contributed by atoms with E-state index in [0.29, 0.717) is 5.56 Å². The first-order valence-electron chi connectivity index (χ1n) is 3.43. The summed E-state index contributed by atoms with van der Waals surface area (Å²) in [5.74, 6) is -0.0295. The zero-order valence-electron chi connectivity index (χ0n) is 6.86. The van der Waals surface area contributed by atoms with Crippen molar-refractivity contribution >= 4 is 0 Å². The van der Waals surface area contributed by atoms with Gasteiger partial charge in [-0.15, -0.1) is 0 Å². The minimum absolute atomic E-state index is 0.0295. The lowest BCUT2D eigenvalue weighted by Gasteiger charge is -2.04. The number of aromatic hydroxyl groups is 1. The van der Waals surface area contributed by atoms with E-state index in [1.807, 2.05) is 6.92 Å². The number of aromatic nitrogens is 1. The fourth-order valence-corrected chi connectivity index (χ4v) is 0.924. The van der Waals surface area contributed by atoms with Crippen LogP contribution in [0.15, 0.2) is 4.79 Å². The molecule has 0 radical (unpaired) electrons. The Morgan fingerprint density at radius 2 is 1.64 bits per heavy atom. The van der Waals surface area contributed by atoms with Crippen molar-refractivity contribution in [1.29, 1.82) is 0 Å². The Morgan fingerprint density at radius 3 is 2.18 bits per heavy atom. The average molecular weight is 153 g/mol. The van der Waals surface area contributed by atoms with E-state index in [-0.39, 0.29) is 11.4 Å². The van der Waals surface area contributed by atoms with E-state index in [1.54, 1.807) is 13.8 Å². The van der Waals surface area contributed by atoms with Gasteiger partial charge in [0.1, 0.15) is 0 Å². The predicted octanol–water partition coefficient (Wildman–Crippen LogP) is 1.01. The van der Waals surface area contributed by atoms with Gasteiger partial charge < -0.3 is 5.11 Å². The maximum absolute atomic E-state index is 11.0. The second-order valence-electron chi connectivity index (χ2n) is 2.68. The number of hydrogen-bond acceptors (Lipinski definition) is 2.